The number of hydrogen-bond acceptors (Lipinski definition) is 6. The van der Waals surface area contributed by atoms with Crippen LogP contribution in [0.15, 0.2) is 0 Å². The molecule has 0 aromatic rings. The molecule has 0 aliphatic rings. The van der Waals surface area contributed by atoms with Gasteiger partial charge in [0.25, 0.3) is 0 Å². The molecule has 0 spiro atoms. The van der Waals surface area contributed by atoms with E-state index in [1.54, 1.807) is 0 Å². The first-order valence-corrected chi connectivity index (χ1v) is 6.97. The van der Waals surface area contributed by atoms with E-state index in [4.69, 9.17) is 19.7 Å². The standard InChI is InChI=1S/C14H30O6/c1-13(2,20-10-12(18)9-16)5-6-19-14(3,4)7-11(17)8-15/h11-12,15-18H,5-10H2,1-4H3. The van der Waals surface area contributed by atoms with Crippen LogP contribution in [-0.4, -0.2) is 70.3 Å². The SMILES string of the molecule is CC(C)(CCOC(C)(C)CC(O)CO)OCC(O)CO. The molecule has 0 rings (SSSR count). The Morgan fingerprint density at radius 1 is 0.850 bits per heavy atom. The summed E-state index contributed by atoms with van der Waals surface area (Å²) in [6.07, 6.45) is -0.682. The summed E-state index contributed by atoms with van der Waals surface area (Å²) in [6.45, 7) is 7.40. The largest absolute Gasteiger partial charge is 0.394 e. The zero-order valence-electron chi connectivity index (χ0n) is 13.0. The Balaban J connectivity index is 4.01. The molecule has 0 aromatic heterocycles. The molecule has 0 amide bonds. The summed E-state index contributed by atoms with van der Waals surface area (Å²) in [7, 11) is 0. The highest BCUT2D eigenvalue weighted by atomic mass is 16.5. The first-order chi connectivity index (χ1) is 9.12. The molecule has 0 radical (unpaired) electrons. The summed E-state index contributed by atoms with van der Waals surface area (Å²) >= 11 is 0. The van der Waals surface area contributed by atoms with Crippen molar-refractivity contribution in [1.29, 1.82) is 0 Å². The summed E-state index contributed by atoms with van der Waals surface area (Å²) in [5, 5.41) is 36.2. The molecule has 0 heterocycles. The maximum Gasteiger partial charge on any atom is 0.100 e. The van der Waals surface area contributed by atoms with Crippen LogP contribution in [0.3, 0.4) is 0 Å². The number of ether oxygens (including phenoxy) is 2. The van der Waals surface area contributed by atoms with E-state index in [9.17, 15) is 10.2 Å². The minimum atomic E-state index is -0.869. The molecule has 0 aliphatic heterocycles. The lowest BCUT2D eigenvalue weighted by molar-refractivity contribution is -0.105. The molecule has 0 aromatic carbocycles. The van der Waals surface area contributed by atoms with E-state index in [2.05, 4.69) is 0 Å². The smallest absolute Gasteiger partial charge is 0.100 e. The van der Waals surface area contributed by atoms with Crippen molar-refractivity contribution in [2.24, 2.45) is 0 Å². The van der Waals surface area contributed by atoms with Gasteiger partial charge in [-0.25, -0.2) is 0 Å². The molecular weight excluding hydrogens is 264 g/mol. The number of hydrogen-bond donors (Lipinski definition) is 4. The Bertz CT molecular complexity index is 254. The van der Waals surface area contributed by atoms with Gasteiger partial charge in [-0.3, -0.25) is 0 Å². The van der Waals surface area contributed by atoms with E-state index >= 15 is 0 Å². The van der Waals surface area contributed by atoms with Crippen LogP contribution in [-0.2, 0) is 9.47 Å². The molecule has 122 valence electrons. The quantitative estimate of drug-likeness (QED) is 0.430. The Morgan fingerprint density at radius 3 is 1.90 bits per heavy atom. The first kappa shape index (κ1) is 19.8. The third kappa shape index (κ3) is 9.63. The predicted octanol–water partition coefficient (Wildman–Crippen LogP) is 0.0634. The topological polar surface area (TPSA) is 99.4 Å². The Hall–Kier alpha value is -0.240. The highest BCUT2D eigenvalue weighted by molar-refractivity contribution is 4.75. The van der Waals surface area contributed by atoms with Gasteiger partial charge in [0.1, 0.15) is 6.10 Å². The van der Waals surface area contributed by atoms with Gasteiger partial charge < -0.3 is 29.9 Å². The molecule has 20 heavy (non-hydrogen) atoms. The van der Waals surface area contributed by atoms with Gasteiger partial charge in [-0.15, -0.1) is 0 Å². The lowest BCUT2D eigenvalue weighted by Crippen LogP contribution is -2.35. The molecule has 6 nitrogen and oxygen atoms in total. The minimum Gasteiger partial charge on any atom is -0.394 e. The van der Waals surface area contributed by atoms with E-state index < -0.39 is 23.4 Å². The zero-order valence-corrected chi connectivity index (χ0v) is 13.0. The third-order valence-electron chi connectivity index (χ3n) is 3.01. The van der Waals surface area contributed by atoms with E-state index in [1.165, 1.54) is 0 Å². The van der Waals surface area contributed by atoms with Gasteiger partial charge in [-0.2, -0.15) is 0 Å². The fourth-order valence-corrected chi connectivity index (χ4v) is 1.71. The van der Waals surface area contributed by atoms with Gasteiger partial charge in [0, 0.05) is 6.42 Å². The number of aliphatic hydroxyl groups excluding tert-OH is 4. The average Bonchev–Trinajstić information content (AvgIpc) is 2.34. The van der Waals surface area contributed by atoms with Crippen LogP contribution in [0.2, 0.25) is 0 Å². The van der Waals surface area contributed by atoms with Crippen molar-refractivity contribution in [2.45, 2.75) is 63.9 Å². The monoisotopic (exact) mass is 294 g/mol. The second-order valence-electron chi connectivity index (χ2n) is 6.31. The minimum absolute atomic E-state index is 0.0795. The van der Waals surface area contributed by atoms with E-state index in [1.807, 2.05) is 27.7 Å². The van der Waals surface area contributed by atoms with Crippen LogP contribution in [0.4, 0.5) is 0 Å². The third-order valence-corrected chi connectivity index (χ3v) is 3.01. The summed E-state index contributed by atoms with van der Waals surface area (Å²) in [5.41, 5.74) is -0.995. The van der Waals surface area contributed by atoms with Gasteiger partial charge in [-0.1, -0.05) is 0 Å². The van der Waals surface area contributed by atoms with Crippen LogP contribution >= 0.6 is 0 Å². The van der Waals surface area contributed by atoms with Gasteiger partial charge in [-0.05, 0) is 34.1 Å². The highest BCUT2D eigenvalue weighted by Crippen LogP contribution is 2.20. The van der Waals surface area contributed by atoms with Crippen molar-refractivity contribution in [3.63, 3.8) is 0 Å². The van der Waals surface area contributed by atoms with Crippen LogP contribution in [0.25, 0.3) is 0 Å². The second kappa shape index (κ2) is 8.92. The Labute approximate surface area is 121 Å². The lowest BCUT2D eigenvalue weighted by Gasteiger charge is -2.31. The van der Waals surface area contributed by atoms with Crippen LogP contribution in [0.5, 0.6) is 0 Å². The predicted molar refractivity (Wildman–Crippen MR) is 75.5 cm³/mol. The van der Waals surface area contributed by atoms with Crippen molar-refractivity contribution in [1.82, 2.24) is 0 Å². The fraction of sp³-hybridized carbons (Fsp3) is 1.00. The molecule has 6 heteroatoms. The summed E-state index contributed by atoms with van der Waals surface area (Å²) in [4.78, 5) is 0. The van der Waals surface area contributed by atoms with E-state index in [0.29, 0.717) is 19.4 Å². The molecule has 0 bridgehead atoms. The maximum atomic E-state index is 9.42. The Kier molecular flexibility index (Phi) is 8.81. The first-order valence-electron chi connectivity index (χ1n) is 6.97. The summed E-state index contributed by atoms with van der Waals surface area (Å²) < 4.78 is 11.2. The lowest BCUT2D eigenvalue weighted by atomic mass is 10.0. The Morgan fingerprint density at radius 2 is 1.40 bits per heavy atom. The van der Waals surface area contributed by atoms with Gasteiger partial charge in [0.05, 0.1) is 43.7 Å². The van der Waals surface area contributed by atoms with E-state index in [0.717, 1.165) is 0 Å². The van der Waals surface area contributed by atoms with Crippen molar-refractivity contribution >= 4 is 0 Å². The normalized spacial score (nSPS) is 16.2. The number of rotatable bonds is 11. The van der Waals surface area contributed by atoms with Crippen LogP contribution in [0.1, 0.15) is 40.5 Å². The molecule has 0 fully saturated rings. The molecule has 4 N–H and O–H groups in total. The average molecular weight is 294 g/mol. The zero-order chi connectivity index (χ0) is 15.8. The van der Waals surface area contributed by atoms with E-state index in [-0.39, 0.29) is 19.8 Å². The van der Waals surface area contributed by atoms with Gasteiger partial charge >= 0.3 is 0 Å². The summed E-state index contributed by atoms with van der Waals surface area (Å²) in [5.74, 6) is 0. The number of aliphatic hydroxyl groups is 4. The second-order valence-corrected chi connectivity index (χ2v) is 6.31. The van der Waals surface area contributed by atoms with Gasteiger partial charge in [0.15, 0.2) is 0 Å². The molecule has 0 saturated heterocycles. The molecule has 0 saturated carbocycles. The van der Waals surface area contributed by atoms with Crippen molar-refractivity contribution in [3.05, 3.63) is 0 Å². The molecule has 2 atom stereocenters. The molecule has 0 aliphatic carbocycles. The fourth-order valence-electron chi connectivity index (χ4n) is 1.71. The van der Waals surface area contributed by atoms with Crippen molar-refractivity contribution < 1.29 is 29.9 Å². The maximum absolute atomic E-state index is 9.42. The van der Waals surface area contributed by atoms with Crippen LogP contribution < -0.4 is 0 Å². The van der Waals surface area contributed by atoms with Gasteiger partial charge in [0.2, 0.25) is 0 Å². The van der Waals surface area contributed by atoms with Crippen molar-refractivity contribution in [2.75, 3.05) is 26.4 Å². The van der Waals surface area contributed by atoms with Crippen molar-refractivity contribution in [3.8, 4) is 0 Å². The van der Waals surface area contributed by atoms with Crippen LogP contribution in [0, 0.1) is 0 Å². The molecule has 2 unspecified atom stereocenters. The highest BCUT2D eigenvalue weighted by Gasteiger charge is 2.25. The molecular formula is C14H30O6. The summed E-state index contributed by atoms with van der Waals surface area (Å²) in [6, 6.07) is 0.